The third kappa shape index (κ3) is 22.6. The van der Waals surface area contributed by atoms with Crippen LogP contribution in [0.2, 0.25) is 0 Å². The molecule has 0 aromatic heterocycles. The summed E-state index contributed by atoms with van der Waals surface area (Å²) in [5.74, 6) is 1.05. The largest absolute Gasteiger partial charge is 0.472 e. The van der Waals surface area contributed by atoms with Crippen molar-refractivity contribution in [2.24, 2.45) is 11.8 Å². The smallest absolute Gasteiger partial charge is 0.344 e. The van der Waals surface area contributed by atoms with Crippen LogP contribution in [0.4, 0.5) is 0 Å². The van der Waals surface area contributed by atoms with E-state index in [1.165, 1.54) is 116 Å². The van der Waals surface area contributed by atoms with Crippen LogP contribution in [-0.2, 0) is 13.6 Å². The second-order valence-corrected chi connectivity index (χ2v) is 13.8. The molecule has 6 heteroatoms. The van der Waals surface area contributed by atoms with Crippen molar-refractivity contribution in [3.05, 3.63) is 0 Å². The van der Waals surface area contributed by atoms with E-state index < -0.39 is 13.4 Å². The van der Waals surface area contributed by atoms with Gasteiger partial charge in [-0.1, -0.05) is 169 Å². The minimum atomic E-state index is -4.09. The van der Waals surface area contributed by atoms with Crippen LogP contribution >= 0.6 is 7.82 Å². The summed E-state index contributed by atoms with van der Waals surface area (Å²) < 4.78 is 24.6. The Balaban J connectivity index is 0. The van der Waals surface area contributed by atoms with Crippen LogP contribution in [0.1, 0.15) is 196 Å². The molecule has 3 atom stereocenters. The van der Waals surface area contributed by atoms with Crippen LogP contribution in [0.25, 0.3) is 0 Å². The molecule has 0 saturated carbocycles. The zero-order valence-electron chi connectivity index (χ0n) is 28.2. The summed E-state index contributed by atoms with van der Waals surface area (Å²) in [6.07, 6.45) is 29.2. The number of phosphoric ester groups is 1. The van der Waals surface area contributed by atoms with Gasteiger partial charge in [0.1, 0.15) is 0 Å². The second kappa shape index (κ2) is 27.9. The summed E-state index contributed by atoms with van der Waals surface area (Å²) in [6, 6.07) is 0. The van der Waals surface area contributed by atoms with Crippen molar-refractivity contribution in [3.63, 3.8) is 0 Å². The van der Waals surface area contributed by atoms with Crippen LogP contribution in [-0.4, -0.2) is 17.1 Å². The van der Waals surface area contributed by atoms with Gasteiger partial charge in [0.15, 0.2) is 0 Å². The second-order valence-electron chi connectivity index (χ2n) is 12.4. The van der Waals surface area contributed by atoms with Gasteiger partial charge < -0.3 is 11.0 Å². The van der Waals surface area contributed by atoms with E-state index in [2.05, 4.69) is 34.6 Å². The average molecular weight is 592 g/mol. The van der Waals surface area contributed by atoms with Gasteiger partial charge in [-0.2, -0.15) is 0 Å². The fourth-order valence-corrected chi connectivity index (χ4v) is 7.35. The summed E-state index contributed by atoms with van der Waals surface area (Å²) >= 11 is 0. The first-order chi connectivity index (χ1) is 18.8. The fraction of sp³-hybridized carbons (Fsp3) is 1.00. The molecule has 0 aliphatic carbocycles. The summed E-state index contributed by atoms with van der Waals surface area (Å²) in [7, 11) is -4.09. The van der Waals surface area contributed by atoms with Gasteiger partial charge in [0.05, 0.1) is 12.2 Å². The average Bonchev–Trinajstić information content (AvgIpc) is 2.91. The zero-order chi connectivity index (χ0) is 29.2. The predicted octanol–water partition coefficient (Wildman–Crippen LogP) is 12.7. The summed E-state index contributed by atoms with van der Waals surface area (Å²) in [6.45, 7) is 13.3. The van der Waals surface area contributed by atoms with Gasteiger partial charge >= 0.3 is 7.82 Å². The van der Waals surface area contributed by atoms with Gasteiger partial charge in [-0.15, -0.1) is 0 Å². The molecule has 5 nitrogen and oxygen atoms in total. The van der Waals surface area contributed by atoms with Crippen molar-refractivity contribution in [1.29, 1.82) is 0 Å². The van der Waals surface area contributed by atoms with E-state index in [-0.39, 0.29) is 12.8 Å². The van der Waals surface area contributed by atoms with Crippen LogP contribution < -0.4 is 6.15 Å². The number of rotatable bonds is 30. The Morgan fingerprint density at radius 2 is 0.975 bits per heavy atom. The van der Waals surface area contributed by atoms with E-state index in [9.17, 15) is 9.46 Å². The monoisotopic (exact) mass is 592 g/mol. The van der Waals surface area contributed by atoms with Crippen LogP contribution in [0.15, 0.2) is 0 Å². The molecule has 0 saturated heterocycles. The number of hydrogen-bond acceptors (Lipinski definition) is 4. The van der Waals surface area contributed by atoms with Gasteiger partial charge in [0, 0.05) is 0 Å². The maximum absolute atomic E-state index is 13.0. The molecule has 4 N–H and O–H groups in total. The maximum atomic E-state index is 13.0. The molecule has 0 amide bonds. The molecule has 0 heterocycles. The molecule has 3 unspecified atom stereocenters. The van der Waals surface area contributed by atoms with Crippen molar-refractivity contribution in [1.82, 2.24) is 6.15 Å². The van der Waals surface area contributed by atoms with Crippen LogP contribution in [0.5, 0.6) is 0 Å². The van der Waals surface area contributed by atoms with E-state index in [0.717, 1.165) is 38.5 Å². The molecule has 0 aliphatic heterocycles. The minimum Gasteiger partial charge on any atom is -0.344 e. The highest BCUT2D eigenvalue weighted by Gasteiger charge is 2.41. The Kier molecular flexibility index (Phi) is 29.4. The summed E-state index contributed by atoms with van der Waals surface area (Å²) in [4.78, 5) is 10.7. The molecular formula is C34H74NO4P. The highest BCUT2D eigenvalue weighted by molar-refractivity contribution is 7.47. The molecule has 0 aliphatic rings. The topological polar surface area (TPSA) is 90.8 Å². The fourth-order valence-electron chi connectivity index (χ4n) is 6.25. The Bertz CT molecular complexity index is 556. The maximum Gasteiger partial charge on any atom is 0.472 e. The van der Waals surface area contributed by atoms with E-state index in [1.54, 1.807) is 6.92 Å². The van der Waals surface area contributed by atoms with Gasteiger partial charge in [-0.25, -0.2) is 4.57 Å². The molecule has 244 valence electrons. The third-order valence-electron chi connectivity index (χ3n) is 8.75. The van der Waals surface area contributed by atoms with E-state index >= 15 is 0 Å². The normalized spacial score (nSPS) is 16.2. The van der Waals surface area contributed by atoms with E-state index in [1.807, 2.05) is 0 Å². The van der Waals surface area contributed by atoms with E-state index in [0.29, 0.717) is 11.8 Å². The Morgan fingerprint density at radius 1 is 0.600 bits per heavy atom. The van der Waals surface area contributed by atoms with Gasteiger partial charge in [-0.05, 0) is 38.0 Å². The predicted molar refractivity (Wildman–Crippen MR) is 176 cm³/mol. The molecule has 0 radical (unpaired) electrons. The van der Waals surface area contributed by atoms with Crippen LogP contribution in [0.3, 0.4) is 0 Å². The third-order valence-corrected chi connectivity index (χ3v) is 9.95. The van der Waals surface area contributed by atoms with Gasteiger partial charge in [-0.3, -0.25) is 9.05 Å². The molecule has 0 aromatic carbocycles. The Hall–Kier alpha value is 0.0700. The molecular weight excluding hydrogens is 517 g/mol. The lowest BCUT2D eigenvalue weighted by Gasteiger charge is -2.40. The number of phosphoric acid groups is 1. The van der Waals surface area contributed by atoms with Crippen LogP contribution in [0, 0.1) is 11.8 Å². The van der Waals surface area contributed by atoms with Crippen molar-refractivity contribution >= 4 is 7.82 Å². The summed E-state index contributed by atoms with van der Waals surface area (Å²) in [5.41, 5.74) is -0.569. The molecule has 0 aromatic rings. The quantitative estimate of drug-likeness (QED) is 0.0640. The first kappa shape index (κ1) is 42.2. The molecule has 0 bridgehead atoms. The highest BCUT2D eigenvalue weighted by Crippen LogP contribution is 2.53. The van der Waals surface area contributed by atoms with Crippen molar-refractivity contribution in [3.8, 4) is 0 Å². The first-order valence-corrected chi connectivity index (χ1v) is 19.0. The van der Waals surface area contributed by atoms with Crippen molar-refractivity contribution in [2.45, 2.75) is 201 Å². The van der Waals surface area contributed by atoms with E-state index in [4.69, 9.17) is 9.05 Å². The van der Waals surface area contributed by atoms with Gasteiger partial charge in [0.2, 0.25) is 0 Å². The first-order valence-electron chi connectivity index (χ1n) is 17.5. The lowest BCUT2D eigenvalue weighted by molar-refractivity contribution is -0.0251. The van der Waals surface area contributed by atoms with Crippen molar-refractivity contribution in [2.75, 3.05) is 6.61 Å². The lowest BCUT2D eigenvalue weighted by Crippen LogP contribution is -2.37. The zero-order valence-corrected chi connectivity index (χ0v) is 29.1. The summed E-state index contributed by atoms with van der Waals surface area (Å²) in [5, 5.41) is 0. The highest BCUT2D eigenvalue weighted by atomic mass is 31.2. The number of hydrogen-bond donors (Lipinski definition) is 2. The Morgan fingerprint density at radius 3 is 1.32 bits per heavy atom. The van der Waals surface area contributed by atoms with Gasteiger partial charge in [0.25, 0.3) is 0 Å². The van der Waals surface area contributed by atoms with Crippen molar-refractivity contribution < 1.29 is 18.5 Å². The molecule has 0 fully saturated rings. The Labute approximate surface area is 251 Å². The lowest BCUT2D eigenvalue weighted by atomic mass is 9.76. The standard InChI is InChI=1S/C34H71O4P.H3N/c1-7-13-16-17-18-19-20-21-22-23-24-25-26-29-34(38-39(35,36)37-12-6,30-32(10-4)27-14-8-2)31-33(11-5)28-15-9-3;/h32-33H,7-31H2,1-6H3,(H,35,36);1H3. The molecule has 0 rings (SSSR count). The molecule has 0 spiro atoms. The SMILES string of the molecule is CCCCCCCCCCCCCCCC(CC(CC)CCCC)(CC(CC)CCCC)OP(=O)(O)OCC.N. The minimum absolute atomic E-state index is 0. The number of unbranched alkanes of at least 4 members (excludes halogenated alkanes) is 14. The molecule has 40 heavy (non-hydrogen) atoms.